The molecule has 0 aromatic heterocycles. The van der Waals surface area contributed by atoms with E-state index in [4.69, 9.17) is 10.5 Å². The second-order valence-electron chi connectivity index (χ2n) is 7.64. The highest BCUT2D eigenvalue weighted by Gasteiger charge is 2.37. The molecule has 2 aromatic rings. The number of amides is 2. The summed E-state index contributed by atoms with van der Waals surface area (Å²) in [5, 5.41) is 0. The van der Waals surface area contributed by atoms with E-state index in [2.05, 4.69) is 19.1 Å². The molecule has 5 nitrogen and oxygen atoms in total. The van der Waals surface area contributed by atoms with Gasteiger partial charge in [0.25, 0.3) is 5.91 Å². The van der Waals surface area contributed by atoms with E-state index in [9.17, 15) is 9.59 Å². The predicted molar refractivity (Wildman–Crippen MR) is 110 cm³/mol. The Morgan fingerprint density at radius 3 is 2.50 bits per heavy atom. The Hall–Kier alpha value is -3.08. The molecule has 1 aliphatic rings. The van der Waals surface area contributed by atoms with Crippen LogP contribution >= 0.6 is 0 Å². The molecule has 0 spiro atoms. The molecule has 2 amide bonds. The van der Waals surface area contributed by atoms with Crippen molar-refractivity contribution in [3.05, 3.63) is 70.9 Å². The lowest BCUT2D eigenvalue weighted by Gasteiger charge is -2.31. The van der Waals surface area contributed by atoms with Crippen molar-refractivity contribution in [1.29, 1.82) is 0 Å². The van der Waals surface area contributed by atoms with Gasteiger partial charge in [0.15, 0.2) is 0 Å². The molecular formula is C23H26N2O3. The van der Waals surface area contributed by atoms with E-state index in [1.165, 1.54) is 0 Å². The molecule has 0 saturated carbocycles. The number of nitrogens with zero attached hydrogens (tertiary/aromatic N) is 1. The SMILES string of the molecule is CCc1ccc(C2=CN(C(=O)c3cccc(C(N)=O)c3)C(C)(C)C2)cc1OC. The fourth-order valence-corrected chi connectivity index (χ4v) is 3.62. The van der Waals surface area contributed by atoms with Crippen LogP contribution in [0.1, 0.15) is 59.0 Å². The lowest BCUT2D eigenvalue weighted by molar-refractivity contribution is 0.0712. The van der Waals surface area contributed by atoms with Crippen LogP contribution in [0.15, 0.2) is 48.7 Å². The number of rotatable bonds is 5. The van der Waals surface area contributed by atoms with E-state index >= 15 is 0 Å². The molecule has 0 unspecified atom stereocenters. The lowest BCUT2D eigenvalue weighted by Crippen LogP contribution is -2.40. The minimum atomic E-state index is -0.547. The van der Waals surface area contributed by atoms with E-state index < -0.39 is 5.91 Å². The van der Waals surface area contributed by atoms with Gasteiger partial charge in [-0.1, -0.05) is 25.1 Å². The Morgan fingerprint density at radius 2 is 1.86 bits per heavy atom. The van der Waals surface area contributed by atoms with Crippen LogP contribution in [0, 0.1) is 0 Å². The maximum atomic E-state index is 13.1. The highest BCUT2D eigenvalue weighted by Crippen LogP contribution is 2.39. The summed E-state index contributed by atoms with van der Waals surface area (Å²) in [5.41, 5.74) is 9.01. The van der Waals surface area contributed by atoms with E-state index in [1.54, 1.807) is 36.3 Å². The third-order valence-electron chi connectivity index (χ3n) is 5.21. The number of carbonyl (C=O) groups is 2. The van der Waals surface area contributed by atoms with Crippen molar-refractivity contribution in [1.82, 2.24) is 4.90 Å². The first kappa shape index (κ1) is 19.7. The highest BCUT2D eigenvalue weighted by atomic mass is 16.5. The fraction of sp³-hybridized carbons (Fsp3) is 0.304. The summed E-state index contributed by atoms with van der Waals surface area (Å²) in [5.74, 6) is 0.160. The van der Waals surface area contributed by atoms with Crippen molar-refractivity contribution in [3.63, 3.8) is 0 Å². The lowest BCUT2D eigenvalue weighted by atomic mass is 9.93. The van der Waals surface area contributed by atoms with E-state index in [1.807, 2.05) is 26.1 Å². The summed E-state index contributed by atoms with van der Waals surface area (Å²) in [6.45, 7) is 6.16. The molecule has 1 aliphatic heterocycles. The van der Waals surface area contributed by atoms with Crippen LogP contribution in [0.5, 0.6) is 5.75 Å². The van der Waals surface area contributed by atoms with Crippen LogP contribution in [-0.4, -0.2) is 29.4 Å². The van der Waals surface area contributed by atoms with Gasteiger partial charge in [-0.2, -0.15) is 0 Å². The highest BCUT2D eigenvalue weighted by molar-refractivity contribution is 6.00. The molecule has 3 rings (SSSR count). The Labute approximate surface area is 165 Å². The van der Waals surface area contributed by atoms with Crippen LogP contribution in [0.25, 0.3) is 5.57 Å². The van der Waals surface area contributed by atoms with E-state index in [0.29, 0.717) is 11.1 Å². The van der Waals surface area contributed by atoms with E-state index in [0.717, 1.165) is 35.3 Å². The first-order chi connectivity index (χ1) is 13.3. The molecule has 0 radical (unpaired) electrons. The maximum Gasteiger partial charge on any atom is 0.258 e. The Morgan fingerprint density at radius 1 is 1.14 bits per heavy atom. The van der Waals surface area contributed by atoms with Crippen molar-refractivity contribution in [2.75, 3.05) is 7.11 Å². The summed E-state index contributed by atoms with van der Waals surface area (Å²) in [7, 11) is 1.67. The summed E-state index contributed by atoms with van der Waals surface area (Å²) in [6.07, 6.45) is 3.53. The predicted octanol–water partition coefficient (Wildman–Crippen LogP) is 4.02. The maximum absolute atomic E-state index is 13.1. The van der Waals surface area contributed by atoms with Crippen molar-refractivity contribution in [3.8, 4) is 5.75 Å². The van der Waals surface area contributed by atoms with Gasteiger partial charge < -0.3 is 15.4 Å². The zero-order valence-corrected chi connectivity index (χ0v) is 16.8. The molecule has 0 aliphatic carbocycles. The molecule has 2 N–H and O–H groups in total. The van der Waals surface area contributed by atoms with Gasteiger partial charge in [0.2, 0.25) is 5.91 Å². The fourth-order valence-electron chi connectivity index (χ4n) is 3.62. The normalized spacial score (nSPS) is 15.3. The molecule has 0 bridgehead atoms. The smallest absolute Gasteiger partial charge is 0.258 e. The number of aryl methyl sites for hydroxylation is 1. The van der Waals surface area contributed by atoms with Crippen molar-refractivity contribution in [2.45, 2.75) is 39.2 Å². The van der Waals surface area contributed by atoms with Crippen molar-refractivity contribution >= 4 is 17.4 Å². The number of hydrogen-bond acceptors (Lipinski definition) is 3. The molecule has 28 heavy (non-hydrogen) atoms. The number of nitrogens with two attached hydrogens (primary N) is 1. The van der Waals surface area contributed by atoms with Gasteiger partial charge in [-0.05, 0) is 67.7 Å². The topological polar surface area (TPSA) is 72.6 Å². The van der Waals surface area contributed by atoms with Gasteiger partial charge in [0.1, 0.15) is 5.75 Å². The average Bonchev–Trinajstić information content (AvgIpc) is 3.02. The van der Waals surface area contributed by atoms with Gasteiger partial charge in [-0.3, -0.25) is 9.59 Å². The Kier molecular flexibility index (Phi) is 5.27. The van der Waals surface area contributed by atoms with Crippen LogP contribution in [0.3, 0.4) is 0 Å². The first-order valence-corrected chi connectivity index (χ1v) is 9.38. The van der Waals surface area contributed by atoms with Crippen LogP contribution < -0.4 is 10.5 Å². The third-order valence-corrected chi connectivity index (χ3v) is 5.21. The zero-order valence-electron chi connectivity index (χ0n) is 16.8. The molecule has 5 heteroatoms. The zero-order chi connectivity index (χ0) is 20.5. The molecule has 0 fully saturated rings. The Bertz CT molecular complexity index is 960. The average molecular weight is 378 g/mol. The molecule has 0 atom stereocenters. The standard InChI is InChI=1S/C23H26N2O3/c1-5-15-9-10-16(12-20(15)28-4)19-13-23(2,3)25(14-19)22(27)18-8-6-7-17(11-18)21(24)26/h6-12,14H,5,13H2,1-4H3,(H2,24,26). The second kappa shape index (κ2) is 7.50. The largest absolute Gasteiger partial charge is 0.496 e. The first-order valence-electron chi connectivity index (χ1n) is 9.38. The number of ether oxygens (including phenoxy) is 1. The third kappa shape index (κ3) is 3.65. The van der Waals surface area contributed by atoms with Crippen molar-refractivity contribution < 1.29 is 14.3 Å². The molecule has 2 aromatic carbocycles. The van der Waals surface area contributed by atoms with Gasteiger partial charge >= 0.3 is 0 Å². The van der Waals surface area contributed by atoms with Crippen LogP contribution in [0.2, 0.25) is 0 Å². The number of methoxy groups -OCH3 is 1. The van der Waals surface area contributed by atoms with Crippen LogP contribution in [0.4, 0.5) is 0 Å². The summed E-state index contributed by atoms with van der Waals surface area (Å²) < 4.78 is 5.52. The minimum Gasteiger partial charge on any atom is -0.496 e. The van der Waals surface area contributed by atoms with Gasteiger partial charge in [-0.25, -0.2) is 0 Å². The number of primary amides is 1. The van der Waals surface area contributed by atoms with Gasteiger partial charge in [0, 0.05) is 22.9 Å². The second-order valence-corrected chi connectivity index (χ2v) is 7.64. The van der Waals surface area contributed by atoms with Gasteiger partial charge in [-0.15, -0.1) is 0 Å². The summed E-state index contributed by atoms with van der Waals surface area (Å²) >= 11 is 0. The summed E-state index contributed by atoms with van der Waals surface area (Å²) in [4.78, 5) is 26.3. The van der Waals surface area contributed by atoms with E-state index in [-0.39, 0.29) is 11.4 Å². The summed E-state index contributed by atoms with van der Waals surface area (Å²) in [6, 6.07) is 12.7. The molecule has 146 valence electrons. The number of hydrogen-bond donors (Lipinski definition) is 1. The number of benzene rings is 2. The molecule has 1 heterocycles. The van der Waals surface area contributed by atoms with Gasteiger partial charge in [0.05, 0.1) is 7.11 Å². The number of carbonyl (C=O) groups excluding carboxylic acids is 2. The molecule has 0 saturated heterocycles. The Balaban J connectivity index is 1.96. The molecular weight excluding hydrogens is 352 g/mol. The monoisotopic (exact) mass is 378 g/mol. The van der Waals surface area contributed by atoms with Crippen molar-refractivity contribution in [2.24, 2.45) is 5.73 Å². The van der Waals surface area contributed by atoms with Crippen LogP contribution in [-0.2, 0) is 6.42 Å². The minimum absolute atomic E-state index is 0.153. The quantitative estimate of drug-likeness (QED) is 0.854.